The maximum Gasteiger partial charge on any atom is 0.0210 e. The molecule has 1 rings (SSSR count). The van der Waals surface area contributed by atoms with E-state index >= 15 is 0 Å². The molecule has 0 radical (unpaired) electrons. The maximum absolute atomic E-state index is 3.53. The normalized spacial score (nSPS) is 12.8. The number of rotatable bonds is 3. The van der Waals surface area contributed by atoms with Gasteiger partial charge in [0.1, 0.15) is 0 Å². The summed E-state index contributed by atoms with van der Waals surface area (Å²) < 4.78 is 0. The first kappa shape index (κ1) is 14.2. The van der Waals surface area contributed by atoms with Crippen molar-refractivity contribution >= 4 is 0 Å². The molecule has 1 nitrogen and oxygen atoms in total. The quantitative estimate of drug-likeness (QED) is 0.826. The fourth-order valence-corrected chi connectivity index (χ4v) is 1.83. The van der Waals surface area contributed by atoms with Gasteiger partial charge >= 0.3 is 0 Å². The molecule has 17 heavy (non-hydrogen) atoms. The zero-order chi connectivity index (χ0) is 13.1. The van der Waals surface area contributed by atoms with Gasteiger partial charge in [-0.15, -0.1) is 0 Å². The summed E-state index contributed by atoms with van der Waals surface area (Å²) in [6, 6.07) is 8.92. The highest BCUT2D eigenvalue weighted by molar-refractivity contribution is 5.24. The minimum absolute atomic E-state index is 0.181. The van der Waals surface area contributed by atoms with Crippen LogP contribution < -0.4 is 5.32 Å². The van der Waals surface area contributed by atoms with Crippen molar-refractivity contribution in [2.45, 2.75) is 60.0 Å². The Morgan fingerprint density at radius 3 is 2.06 bits per heavy atom. The minimum Gasteiger partial charge on any atom is -0.308 e. The highest BCUT2D eigenvalue weighted by Gasteiger charge is 2.12. The zero-order valence-corrected chi connectivity index (χ0v) is 12.2. The Bertz CT molecular complexity index is 353. The Morgan fingerprint density at radius 2 is 1.53 bits per heavy atom. The van der Waals surface area contributed by atoms with Crippen LogP contribution in [0.2, 0.25) is 0 Å². The molecule has 0 aliphatic carbocycles. The van der Waals surface area contributed by atoms with Gasteiger partial charge < -0.3 is 5.32 Å². The molecule has 1 heteroatoms. The largest absolute Gasteiger partial charge is 0.308 e. The lowest BCUT2D eigenvalue weighted by molar-refractivity contribution is 0.409. The van der Waals surface area contributed by atoms with Gasteiger partial charge in [-0.3, -0.25) is 0 Å². The number of hydrogen-bond donors (Lipinski definition) is 1. The van der Waals surface area contributed by atoms with E-state index in [1.807, 2.05) is 0 Å². The smallest absolute Gasteiger partial charge is 0.0210 e. The molecular formula is C16H27N. The van der Waals surface area contributed by atoms with Crippen molar-refractivity contribution < 1.29 is 0 Å². The van der Waals surface area contributed by atoms with Crippen molar-refractivity contribution in [2.24, 2.45) is 5.41 Å². The van der Waals surface area contributed by atoms with Crippen molar-refractivity contribution in [1.82, 2.24) is 5.32 Å². The van der Waals surface area contributed by atoms with Crippen LogP contribution in [0.5, 0.6) is 0 Å². The third kappa shape index (κ3) is 6.48. The lowest BCUT2D eigenvalue weighted by Gasteiger charge is -2.22. The summed E-state index contributed by atoms with van der Waals surface area (Å²) in [5, 5.41) is 3.53. The summed E-state index contributed by atoms with van der Waals surface area (Å²) in [5.41, 5.74) is 3.35. The highest BCUT2D eigenvalue weighted by Crippen LogP contribution is 2.21. The summed E-state index contributed by atoms with van der Waals surface area (Å²) in [5.74, 6) is 0. The third-order valence-electron chi connectivity index (χ3n) is 2.55. The Labute approximate surface area is 107 Å². The first-order chi connectivity index (χ1) is 7.66. The van der Waals surface area contributed by atoms with Crippen LogP contribution in [-0.2, 0) is 13.0 Å². The van der Waals surface area contributed by atoms with Crippen LogP contribution in [0.3, 0.4) is 0 Å². The van der Waals surface area contributed by atoms with E-state index in [1.54, 1.807) is 0 Å². The van der Waals surface area contributed by atoms with Crippen LogP contribution in [-0.4, -0.2) is 5.54 Å². The van der Waals surface area contributed by atoms with E-state index in [2.05, 4.69) is 71.1 Å². The van der Waals surface area contributed by atoms with E-state index < -0.39 is 0 Å². The number of nitrogens with one attached hydrogen (secondary N) is 1. The molecule has 0 spiro atoms. The molecule has 0 aromatic heterocycles. The van der Waals surface area contributed by atoms with Crippen LogP contribution in [0.4, 0.5) is 0 Å². The number of benzene rings is 1. The monoisotopic (exact) mass is 233 g/mol. The number of hydrogen-bond acceptors (Lipinski definition) is 1. The average Bonchev–Trinajstić information content (AvgIpc) is 2.11. The van der Waals surface area contributed by atoms with E-state index in [4.69, 9.17) is 0 Å². The summed E-state index contributed by atoms with van der Waals surface area (Å²) in [6.07, 6.45) is 1.14. The van der Waals surface area contributed by atoms with Gasteiger partial charge in [-0.2, -0.15) is 0 Å². The molecule has 0 saturated carbocycles. The van der Waals surface area contributed by atoms with Crippen LogP contribution >= 0.6 is 0 Å². The molecule has 0 saturated heterocycles. The standard InChI is InChI=1S/C16H27N/c1-15(2,3)11-13-8-7-9-14(10-13)12-17-16(4,5)6/h7-10,17H,11-12H2,1-6H3. The second-order valence-corrected chi connectivity index (χ2v) is 7.16. The molecular weight excluding hydrogens is 206 g/mol. The average molecular weight is 233 g/mol. The SMILES string of the molecule is CC(C)(C)Cc1cccc(CNC(C)(C)C)c1. The summed E-state index contributed by atoms with van der Waals surface area (Å²) in [6.45, 7) is 14.4. The van der Waals surface area contributed by atoms with Crippen LogP contribution in [0.1, 0.15) is 52.7 Å². The first-order valence-corrected chi connectivity index (χ1v) is 6.49. The predicted molar refractivity (Wildman–Crippen MR) is 76.2 cm³/mol. The Balaban J connectivity index is 2.66. The van der Waals surface area contributed by atoms with Crippen molar-refractivity contribution in [2.75, 3.05) is 0 Å². The molecule has 1 aromatic carbocycles. The van der Waals surface area contributed by atoms with E-state index in [9.17, 15) is 0 Å². The Morgan fingerprint density at radius 1 is 0.941 bits per heavy atom. The van der Waals surface area contributed by atoms with Crippen molar-refractivity contribution in [1.29, 1.82) is 0 Å². The molecule has 0 fully saturated rings. The van der Waals surface area contributed by atoms with Crippen LogP contribution in [0.15, 0.2) is 24.3 Å². The highest BCUT2D eigenvalue weighted by atomic mass is 14.9. The molecule has 0 unspecified atom stereocenters. The van der Waals surface area contributed by atoms with Gasteiger partial charge in [-0.1, -0.05) is 45.0 Å². The predicted octanol–water partition coefficient (Wildman–Crippen LogP) is 4.16. The first-order valence-electron chi connectivity index (χ1n) is 6.49. The molecule has 0 amide bonds. The second kappa shape index (κ2) is 5.22. The maximum atomic E-state index is 3.53. The molecule has 0 atom stereocenters. The lowest BCUT2D eigenvalue weighted by Crippen LogP contribution is -2.35. The topological polar surface area (TPSA) is 12.0 Å². The second-order valence-electron chi connectivity index (χ2n) is 7.16. The summed E-state index contributed by atoms with van der Waals surface area (Å²) in [4.78, 5) is 0. The third-order valence-corrected chi connectivity index (χ3v) is 2.55. The van der Waals surface area contributed by atoms with Gasteiger partial charge in [0.2, 0.25) is 0 Å². The minimum atomic E-state index is 0.181. The Kier molecular flexibility index (Phi) is 4.37. The van der Waals surface area contributed by atoms with E-state index in [-0.39, 0.29) is 5.54 Å². The summed E-state index contributed by atoms with van der Waals surface area (Å²) >= 11 is 0. The summed E-state index contributed by atoms with van der Waals surface area (Å²) in [7, 11) is 0. The van der Waals surface area contributed by atoms with Gasteiger partial charge in [-0.25, -0.2) is 0 Å². The van der Waals surface area contributed by atoms with Gasteiger partial charge in [0, 0.05) is 12.1 Å². The van der Waals surface area contributed by atoms with Crippen molar-refractivity contribution in [3.05, 3.63) is 35.4 Å². The van der Waals surface area contributed by atoms with E-state index in [0.29, 0.717) is 5.41 Å². The van der Waals surface area contributed by atoms with Gasteiger partial charge in [-0.05, 0) is 43.7 Å². The van der Waals surface area contributed by atoms with Gasteiger partial charge in [0.15, 0.2) is 0 Å². The van der Waals surface area contributed by atoms with E-state index in [1.165, 1.54) is 11.1 Å². The van der Waals surface area contributed by atoms with Crippen LogP contribution in [0.25, 0.3) is 0 Å². The van der Waals surface area contributed by atoms with Gasteiger partial charge in [0.25, 0.3) is 0 Å². The molecule has 1 aromatic rings. The fraction of sp³-hybridized carbons (Fsp3) is 0.625. The molecule has 96 valence electrons. The molecule has 0 aliphatic rings. The van der Waals surface area contributed by atoms with Crippen molar-refractivity contribution in [3.8, 4) is 0 Å². The zero-order valence-electron chi connectivity index (χ0n) is 12.2. The van der Waals surface area contributed by atoms with E-state index in [0.717, 1.165) is 13.0 Å². The lowest BCUT2D eigenvalue weighted by atomic mass is 9.87. The van der Waals surface area contributed by atoms with Crippen LogP contribution in [0, 0.1) is 5.41 Å². The van der Waals surface area contributed by atoms with Crippen molar-refractivity contribution in [3.63, 3.8) is 0 Å². The Hall–Kier alpha value is -0.820. The van der Waals surface area contributed by atoms with Gasteiger partial charge in [0.05, 0.1) is 0 Å². The molecule has 0 bridgehead atoms. The molecule has 0 heterocycles. The molecule has 0 aliphatic heterocycles. The fourth-order valence-electron chi connectivity index (χ4n) is 1.83. The molecule has 1 N–H and O–H groups in total.